The van der Waals surface area contributed by atoms with E-state index in [0.717, 1.165) is 0 Å². The molecule has 0 bridgehead atoms. The zero-order chi connectivity index (χ0) is 10.7. The van der Waals surface area contributed by atoms with E-state index in [9.17, 15) is 0 Å². The summed E-state index contributed by atoms with van der Waals surface area (Å²) in [6, 6.07) is 17.3. The van der Waals surface area contributed by atoms with E-state index in [1.54, 1.807) is 0 Å². The second-order valence-electron chi connectivity index (χ2n) is 3.79. The molecule has 1 heteroatoms. The van der Waals surface area contributed by atoms with E-state index >= 15 is 0 Å². The lowest BCUT2D eigenvalue weighted by atomic mass is 10.2. The van der Waals surface area contributed by atoms with Gasteiger partial charge in [-0.1, -0.05) is 59.7 Å². The van der Waals surface area contributed by atoms with Crippen LogP contribution in [0.15, 0.2) is 48.5 Å². The van der Waals surface area contributed by atoms with Gasteiger partial charge in [0.05, 0.1) is 0 Å². The summed E-state index contributed by atoms with van der Waals surface area (Å²) in [6.07, 6.45) is 0. The second kappa shape index (κ2) is 4.59. The van der Waals surface area contributed by atoms with Crippen LogP contribution in [0.4, 0.5) is 0 Å². The lowest BCUT2D eigenvalue weighted by molar-refractivity contribution is 1.41. The maximum absolute atomic E-state index is 2.25. The highest BCUT2D eigenvalue weighted by molar-refractivity contribution is 7.55. The van der Waals surface area contributed by atoms with E-state index in [2.05, 4.69) is 62.4 Å². The summed E-state index contributed by atoms with van der Waals surface area (Å²) in [5.74, 6) is 0. The van der Waals surface area contributed by atoms with Crippen LogP contribution in [0.25, 0.3) is 0 Å². The summed E-state index contributed by atoms with van der Waals surface area (Å²) < 4.78 is 0. The topological polar surface area (TPSA) is 0 Å². The van der Waals surface area contributed by atoms with Crippen molar-refractivity contribution in [2.75, 3.05) is 0 Å². The van der Waals surface area contributed by atoms with Crippen molar-refractivity contribution in [2.45, 2.75) is 13.8 Å². The average molecular weight is 213 g/mol. The molecule has 0 nitrogen and oxygen atoms in total. The highest BCUT2D eigenvalue weighted by Gasteiger charge is 1.98. The predicted molar refractivity (Wildman–Crippen MR) is 68.5 cm³/mol. The maximum atomic E-state index is 2.25. The molecule has 0 amide bonds. The summed E-state index contributed by atoms with van der Waals surface area (Å²) in [7, 11) is 1.29. The van der Waals surface area contributed by atoms with E-state index < -0.39 is 0 Å². The lowest BCUT2D eigenvalue weighted by Gasteiger charge is -2.04. The highest BCUT2D eigenvalue weighted by Crippen LogP contribution is 2.12. The fourth-order valence-electron chi connectivity index (χ4n) is 1.67. The molecular formula is C14H14P. The minimum absolute atomic E-state index is 1.29. The SMILES string of the molecule is Cc1cc(C)cc([P]c2ccccc2)c1. The first kappa shape index (κ1) is 10.4. The van der Waals surface area contributed by atoms with Crippen LogP contribution in [-0.4, -0.2) is 0 Å². The van der Waals surface area contributed by atoms with Gasteiger partial charge in [0, 0.05) is 0 Å². The predicted octanol–water partition coefficient (Wildman–Crippen LogP) is 3.20. The minimum atomic E-state index is 1.29. The van der Waals surface area contributed by atoms with Crippen LogP contribution >= 0.6 is 8.58 Å². The van der Waals surface area contributed by atoms with E-state index in [0.29, 0.717) is 0 Å². The third kappa shape index (κ3) is 2.91. The molecule has 2 aromatic rings. The molecule has 1 radical (unpaired) electrons. The summed E-state index contributed by atoms with van der Waals surface area (Å²) >= 11 is 0. The Balaban J connectivity index is 2.25. The third-order valence-corrected chi connectivity index (χ3v) is 3.29. The Hall–Kier alpha value is -1.13. The molecule has 0 aliphatic heterocycles. The molecule has 0 atom stereocenters. The summed E-state index contributed by atoms with van der Waals surface area (Å²) in [4.78, 5) is 0. The first-order valence-electron chi connectivity index (χ1n) is 5.09. The Bertz CT molecular complexity index is 426. The van der Waals surface area contributed by atoms with Crippen molar-refractivity contribution in [3.05, 3.63) is 59.7 Å². The Morgan fingerprint density at radius 1 is 0.733 bits per heavy atom. The molecule has 75 valence electrons. The fraction of sp³-hybridized carbons (Fsp3) is 0.143. The quantitative estimate of drug-likeness (QED) is 0.672. The first-order valence-corrected chi connectivity index (χ1v) is 5.98. The normalized spacial score (nSPS) is 11.1. The van der Waals surface area contributed by atoms with Crippen molar-refractivity contribution in [1.29, 1.82) is 0 Å². The molecule has 0 heterocycles. The molecule has 2 aromatic carbocycles. The molecule has 0 aliphatic carbocycles. The molecule has 0 N–H and O–H groups in total. The molecule has 0 aromatic heterocycles. The number of hydrogen-bond donors (Lipinski definition) is 0. The highest BCUT2D eigenvalue weighted by atomic mass is 31.1. The van der Waals surface area contributed by atoms with Gasteiger partial charge in [-0.3, -0.25) is 0 Å². The van der Waals surface area contributed by atoms with Crippen LogP contribution in [0.5, 0.6) is 0 Å². The third-order valence-electron chi connectivity index (χ3n) is 2.22. The molecule has 0 unspecified atom stereocenters. The Morgan fingerprint density at radius 2 is 1.33 bits per heavy atom. The fourth-order valence-corrected chi connectivity index (χ4v) is 2.82. The van der Waals surface area contributed by atoms with Gasteiger partial charge in [0.15, 0.2) is 0 Å². The van der Waals surface area contributed by atoms with Crippen LogP contribution in [0.2, 0.25) is 0 Å². The second-order valence-corrected chi connectivity index (χ2v) is 5.05. The van der Waals surface area contributed by atoms with E-state index in [1.165, 1.54) is 30.3 Å². The molecule has 15 heavy (non-hydrogen) atoms. The first-order chi connectivity index (χ1) is 7.24. The summed E-state index contributed by atoms with van der Waals surface area (Å²) in [5.41, 5.74) is 2.68. The van der Waals surface area contributed by atoms with Gasteiger partial charge in [-0.05, 0) is 33.0 Å². The molecule has 2 rings (SSSR count). The summed E-state index contributed by atoms with van der Waals surface area (Å²) in [6.45, 7) is 4.30. The van der Waals surface area contributed by atoms with Gasteiger partial charge in [-0.25, -0.2) is 0 Å². The maximum Gasteiger partial charge on any atom is -0.0100 e. The van der Waals surface area contributed by atoms with Crippen LogP contribution in [0, 0.1) is 13.8 Å². The van der Waals surface area contributed by atoms with E-state index in [-0.39, 0.29) is 0 Å². The van der Waals surface area contributed by atoms with E-state index in [4.69, 9.17) is 0 Å². The number of benzene rings is 2. The number of hydrogen-bond acceptors (Lipinski definition) is 0. The van der Waals surface area contributed by atoms with Crippen LogP contribution < -0.4 is 10.6 Å². The minimum Gasteiger partial charge on any atom is -0.0622 e. The van der Waals surface area contributed by atoms with Crippen molar-refractivity contribution >= 4 is 19.2 Å². The van der Waals surface area contributed by atoms with Gasteiger partial charge in [-0.15, -0.1) is 0 Å². The van der Waals surface area contributed by atoms with Gasteiger partial charge in [-0.2, -0.15) is 0 Å². The van der Waals surface area contributed by atoms with Crippen molar-refractivity contribution in [3.63, 3.8) is 0 Å². The average Bonchev–Trinajstić information content (AvgIpc) is 2.17. The largest absolute Gasteiger partial charge is 0.0622 e. The molecule has 0 aliphatic rings. The van der Waals surface area contributed by atoms with Crippen LogP contribution in [-0.2, 0) is 0 Å². The van der Waals surface area contributed by atoms with Crippen molar-refractivity contribution in [3.8, 4) is 0 Å². The monoisotopic (exact) mass is 213 g/mol. The van der Waals surface area contributed by atoms with Crippen molar-refractivity contribution in [1.82, 2.24) is 0 Å². The van der Waals surface area contributed by atoms with Crippen LogP contribution in [0.1, 0.15) is 11.1 Å². The Morgan fingerprint density at radius 3 is 1.93 bits per heavy atom. The summed E-state index contributed by atoms with van der Waals surface area (Å²) in [5, 5.41) is 2.72. The van der Waals surface area contributed by atoms with E-state index in [1.807, 2.05) is 0 Å². The van der Waals surface area contributed by atoms with Gasteiger partial charge in [0.1, 0.15) is 0 Å². The molecule has 0 saturated heterocycles. The molecule has 0 saturated carbocycles. The smallest absolute Gasteiger partial charge is 0.0100 e. The van der Waals surface area contributed by atoms with Crippen molar-refractivity contribution in [2.24, 2.45) is 0 Å². The lowest BCUT2D eigenvalue weighted by Crippen LogP contribution is -2.03. The zero-order valence-electron chi connectivity index (χ0n) is 9.07. The van der Waals surface area contributed by atoms with Crippen LogP contribution in [0.3, 0.4) is 0 Å². The Kier molecular flexibility index (Phi) is 3.18. The molecule has 0 fully saturated rings. The van der Waals surface area contributed by atoms with Gasteiger partial charge in [0.2, 0.25) is 0 Å². The Labute approximate surface area is 93.1 Å². The van der Waals surface area contributed by atoms with Gasteiger partial charge >= 0.3 is 0 Å². The standard InChI is InChI=1S/C14H14P/c1-11-8-12(2)10-14(9-11)15-13-6-4-3-5-7-13/h3-10H,1-2H3. The number of aryl methyl sites for hydroxylation is 2. The number of rotatable bonds is 2. The van der Waals surface area contributed by atoms with Gasteiger partial charge < -0.3 is 0 Å². The zero-order valence-corrected chi connectivity index (χ0v) is 9.96. The molecule has 0 spiro atoms. The van der Waals surface area contributed by atoms with Crippen molar-refractivity contribution < 1.29 is 0 Å². The molecular weight excluding hydrogens is 199 g/mol. The van der Waals surface area contributed by atoms with Gasteiger partial charge in [0.25, 0.3) is 0 Å².